The minimum atomic E-state index is 1.04. The summed E-state index contributed by atoms with van der Waals surface area (Å²) in [6.45, 7) is 2.15. The highest BCUT2D eigenvalue weighted by Gasteiger charge is 1.98. The van der Waals surface area contributed by atoms with Gasteiger partial charge in [0.25, 0.3) is 0 Å². The first-order valence-electron chi connectivity index (χ1n) is 4.80. The van der Waals surface area contributed by atoms with Gasteiger partial charge in [-0.2, -0.15) is 0 Å². The van der Waals surface area contributed by atoms with Gasteiger partial charge in [0.2, 0.25) is 0 Å². The summed E-state index contributed by atoms with van der Waals surface area (Å²) in [6, 6.07) is 4.04. The number of aromatic nitrogens is 1. The second-order valence-electron chi connectivity index (χ2n) is 3.48. The van der Waals surface area contributed by atoms with Gasteiger partial charge in [0.05, 0.1) is 0 Å². The van der Waals surface area contributed by atoms with Crippen LogP contribution in [0.4, 0.5) is 0 Å². The van der Waals surface area contributed by atoms with Crippen LogP contribution in [0.15, 0.2) is 54.4 Å². The summed E-state index contributed by atoms with van der Waals surface area (Å²) >= 11 is 0. The molecule has 0 spiro atoms. The highest BCUT2D eigenvalue weighted by Crippen LogP contribution is 2.19. The summed E-state index contributed by atoms with van der Waals surface area (Å²) in [5, 5.41) is 0. The predicted octanol–water partition coefficient (Wildman–Crippen LogP) is 3.37. The molecule has 0 radical (unpaired) electrons. The van der Waals surface area contributed by atoms with Crippen LogP contribution in [0.5, 0.6) is 0 Å². The zero-order chi connectivity index (χ0) is 9.80. The maximum atomic E-state index is 4.11. The summed E-state index contributed by atoms with van der Waals surface area (Å²) in [6.07, 6.45) is 13.4. The molecule has 0 unspecified atom stereocenters. The Bertz CT molecular complexity index is 397. The fourth-order valence-corrected chi connectivity index (χ4v) is 1.45. The monoisotopic (exact) mass is 183 g/mol. The van der Waals surface area contributed by atoms with Gasteiger partial charge in [0.15, 0.2) is 0 Å². The molecule has 2 rings (SSSR count). The first-order chi connectivity index (χ1) is 6.86. The lowest BCUT2D eigenvalue weighted by Gasteiger charge is -1.98. The molecular weight excluding hydrogens is 170 g/mol. The van der Waals surface area contributed by atoms with Crippen molar-refractivity contribution in [1.29, 1.82) is 0 Å². The molecule has 0 bridgehead atoms. The van der Waals surface area contributed by atoms with Crippen LogP contribution in [0, 0.1) is 0 Å². The molecule has 1 nitrogen and oxygen atoms in total. The van der Waals surface area contributed by atoms with Crippen LogP contribution in [0.2, 0.25) is 0 Å². The van der Waals surface area contributed by atoms with Crippen LogP contribution in [-0.4, -0.2) is 4.98 Å². The molecule has 0 aromatic carbocycles. The van der Waals surface area contributed by atoms with E-state index in [4.69, 9.17) is 0 Å². The van der Waals surface area contributed by atoms with Crippen molar-refractivity contribution in [2.24, 2.45) is 0 Å². The fourth-order valence-electron chi connectivity index (χ4n) is 1.45. The minimum absolute atomic E-state index is 1.04. The van der Waals surface area contributed by atoms with Crippen LogP contribution in [-0.2, 0) is 0 Å². The lowest BCUT2D eigenvalue weighted by atomic mass is 10.1. The van der Waals surface area contributed by atoms with Crippen LogP contribution in [0.1, 0.15) is 18.9 Å². The summed E-state index contributed by atoms with van der Waals surface area (Å²) in [5.41, 5.74) is 3.80. The third-order valence-electron chi connectivity index (χ3n) is 2.28. The average Bonchev–Trinajstić information content (AvgIpc) is 2.44. The Morgan fingerprint density at radius 2 is 2.21 bits per heavy atom. The quantitative estimate of drug-likeness (QED) is 0.650. The molecule has 1 heteroatoms. The topological polar surface area (TPSA) is 12.9 Å². The number of allylic oxidation sites excluding steroid dienone is 6. The van der Waals surface area contributed by atoms with Crippen molar-refractivity contribution in [3.8, 4) is 0 Å². The molecule has 1 aliphatic carbocycles. The average molecular weight is 183 g/mol. The van der Waals surface area contributed by atoms with E-state index in [0.29, 0.717) is 0 Å². The van der Waals surface area contributed by atoms with Gasteiger partial charge in [-0.25, -0.2) is 0 Å². The molecule has 0 amide bonds. The molecule has 0 N–H and O–H groups in total. The Kier molecular flexibility index (Phi) is 2.59. The second kappa shape index (κ2) is 4.05. The largest absolute Gasteiger partial charge is 0.264 e. The molecule has 0 fully saturated rings. The smallest absolute Gasteiger partial charge is 0.0346 e. The van der Waals surface area contributed by atoms with Crippen LogP contribution < -0.4 is 0 Å². The lowest BCUT2D eigenvalue weighted by Crippen LogP contribution is -1.80. The standard InChI is InChI=1S/C13H13N/c1-11-4-2-5-12(8-7-11)13-6-3-9-14-10-13/h2-3,5-10H,4H2,1H3. The maximum Gasteiger partial charge on any atom is 0.0346 e. The highest BCUT2D eigenvalue weighted by molar-refractivity contribution is 5.75. The van der Waals surface area contributed by atoms with Gasteiger partial charge in [-0.05, 0) is 30.5 Å². The Labute approximate surface area is 84.5 Å². The highest BCUT2D eigenvalue weighted by atomic mass is 14.6. The molecule has 0 atom stereocenters. The predicted molar refractivity (Wildman–Crippen MR) is 59.7 cm³/mol. The van der Waals surface area contributed by atoms with E-state index in [9.17, 15) is 0 Å². The molecule has 0 saturated carbocycles. The Balaban J connectivity index is 2.36. The van der Waals surface area contributed by atoms with E-state index in [-0.39, 0.29) is 0 Å². The van der Waals surface area contributed by atoms with Gasteiger partial charge in [-0.1, -0.05) is 35.9 Å². The number of pyridine rings is 1. The summed E-state index contributed by atoms with van der Waals surface area (Å²) in [5.74, 6) is 0. The van der Waals surface area contributed by atoms with E-state index in [1.54, 1.807) is 6.20 Å². The van der Waals surface area contributed by atoms with Crippen molar-refractivity contribution in [3.05, 3.63) is 60.0 Å². The summed E-state index contributed by atoms with van der Waals surface area (Å²) < 4.78 is 0. The molecule has 1 aliphatic rings. The Morgan fingerprint density at radius 3 is 3.00 bits per heavy atom. The normalized spacial score (nSPS) is 15.8. The van der Waals surface area contributed by atoms with Crippen molar-refractivity contribution < 1.29 is 0 Å². The van der Waals surface area contributed by atoms with E-state index in [2.05, 4.69) is 42.3 Å². The van der Waals surface area contributed by atoms with Gasteiger partial charge < -0.3 is 0 Å². The molecule has 1 aromatic heterocycles. The third-order valence-corrected chi connectivity index (χ3v) is 2.28. The van der Waals surface area contributed by atoms with Crippen molar-refractivity contribution in [3.63, 3.8) is 0 Å². The van der Waals surface area contributed by atoms with Gasteiger partial charge in [0, 0.05) is 12.4 Å². The number of rotatable bonds is 1. The van der Waals surface area contributed by atoms with Gasteiger partial charge in [-0.15, -0.1) is 0 Å². The summed E-state index contributed by atoms with van der Waals surface area (Å²) in [7, 11) is 0. The molecule has 70 valence electrons. The molecule has 1 aromatic rings. The lowest BCUT2D eigenvalue weighted by molar-refractivity contribution is 1.22. The zero-order valence-corrected chi connectivity index (χ0v) is 8.27. The van der Waals surface area contributed by atoms with Crippen molar-refractivity contribution in [1.82, 2.24) is 4.98 Å². The molecular formula is C13H13N. The zero-order valence-electron chi connectivity index (χ0n) is 8.27. The molecule has 0 saturated heterocycles. The Hall–Kier alpha value is -1.63. The van der Waals surface area contributed by atoms with Crippen LogP contribution in [0.3, 0.4) is 0 Å². The first-order valence-corrected chi connectivity index (χ1v) is 4.80. The van der Waals surface area contributed by atoms with E-state index < -0.39 is 0 Å². The van der Waals surface area contributed by atoms with Crippen molar-refractivity contribution in [2.75, 3.05) is 0 Å². The van der Waals surface area contributed by atoms with Crippen molar-refractivity contribution in [2.45, 2.75) is 13.3 Å². The van der Waals surface area contributed by atoms with Gasteiger partial charge in [-0.3, -0.25) is 4.98 Å². The van der Waals surface area contributed by atoms with Crippen LogP contribution in [0.25, 0.3) is 5.57 Å². The molecule has 14 heavy (non-hydrogen) atoms. The van der Waals surface area contributed by atoms with Gasteiger partial charge >= 0.3 is 0 Å². The van der Waals surface area contributed by atoms with E-state index >= 15 is 0 Å². The van der Waals surface area contributed by atoms with E-state index in [0.717, 1.165) is 6.42 Å². The van der Waals surface area contributed by atoms with Crippen molar-refractivity contribution >= 4 is 5.57 Å². The molecule has 1 heterocycles. The van der Waals surface area contributed by atoms with E-state index in [1.807, 2.05) is 12.3 Å². The second-order valence-corrected chi connectivity index (χ2v) is 3.48. The first kappa shape index (κ1) is 8.95. The third kappa shape index (κ3) is 1.99. The van der Waals surface area contributed by atoms with Gasteiger partial charge in [0.1, 0.15) is 0 Å². The Morgan fingerprint density at radius 1 is 1.29 bits per heavy atom. The van der Waals surface area contributed by atoms with E-state index in [1.165, 1.54) is 16.7 Å². The fraction of sp³-hybridized carbons (Fsp3) is 0.154. The number of hydrogen-bond acceptors (Lipinski definition) is 1. The minimum Gasteiger partial charge on any atom is -0.264 e. The van der Waals surface area contributed by atoms with Crippen LogP contribution >= 0.6 is 0 Å². The SMILES string of the molecule is CC1=CC=C(c2cccnc2)C=CC1. The summed E-state index contributed by atoms with van der Waals surface area (Å²) in [4.78, 5) is 4.11. The maximum absolute atomic E-state index is 4.11. The molecule has 0 aliphatic heterocycles. The number of hydrogen-bond donors (Lipinski definition) is 0. The number of nitrogens with zero attached hydrogens (tertiary/aromatic N) is 1.